The van der Waals surface area contributed by atoms with Crippen LogP contribution in [0.3, 0.4) is 0 Å². The molecule has 2 atom stereocenters. The van der Waals surface area contributed by atoms with Crippen molar-refractivity contribution >= 4 is 22.6 Å². The lowest BCUT2D eigenvalue weighted by molar-refractivity contribution is 0.292. The zero-order chi connectivity index (χ0) is 18.7. The fourth-order valence-corrected chi connectivity index (χ4v) is 4.72. The number of alkyl halides is 2. The van der Waals surface area contributed by atoms with Gasteiger partial charge in [0.15, 0.2) is 0 Å². The Bertz CT molecular complexity index is 285. The molecule has 2 unspecified atom stereocenters. The van der Waals surface area contributed by atoms with Crippen LogP contribution in [-0.4, -0.2) is 10.1 Å². The molecule has 162 valence electrons. The predicted molar refractivity (Wildman–Crippen MR) is 131 cm³/mol. The summed E-state index contributed by atoms with van der Waals surface area (Å²) in [7, 11) is 0. The normalized spacial score (nSPS) is 27.2. The van der Waals surface area contributed by atoms with Crippen LogP contribution in [0.4, 0.5) is 4.39 Å². The Labute approximate surface area is 184 Å². The number of rotatable bonds is 0. The van der Waals surface area contributed by atoms with Crippen molar-refractivity contribution in [2.24, 2.45) is 0 Å². The average Bonchev–Trinajstić information content (AvgIpc) is 2.63. The van der Waals surface area contributed by atoms with E-state index in [2.05, 4.69) is 34.7 Å². The first-order chi connectivity index (χ1) is 12.8. The van der Waals surface area contributed by atoms with E-state index in [0.717, 1.165) is 19.3 Å². The molecular formula is C25H48FI. The summed E-state index contributed by atoms with van der Waals surface area (Å²) in [6, 6.07) is 0. The van der Waals surface area contributed by atoms with E-state index in [0.29, 0.717) is 0 Å². The van der Waals surface area contributed by atoms with Crippen LogP contribution < -0.4 is 0 Å². The van der Waals surface area contributed by atoms with Gasteiger partial charge >= 0.3 is 0 Å². The fraction of sp³-hybridized carbons (Fsp3) is 0.920. The first kappa shape index (κ1) is 27.4. The molecule has 2 aliphatic carbocycles. The van der Waals surface area contributed by atoms with Crippen molar-refractivity contribution in [3.63, 3.8) is 0 Å². The summed E-state index contributed by atoms with van der Waals surface area (Å²) in [5, 5.41) is 0. The second-order valence-electron chi connectivity index (χ2n) is 8.31. The van der Waals surface area contributed by atoms with Crippen LogP contribution in [0.5, 0.6) is 0 Å². The summed E-state index contributed by atoms with van der Waals surface area (Å²) in [4.78, 5) is 0. The molecule has 0 heterocycles. The first-order valence-corrected chi connectivity index (χ1v) is 13.0. The molecule has 2 rings (SSSR count). The van der Waals surface area contributed by atoms with Gasteiger partial charge in [-0.2, -0.15) is 0 Å². The van der Waals surface area contributed by atoms with Gasteiger partial charge < -0.3 is 0 Å². The summed E-state index contributed by atoms with van der Waals surface area (Å²) in [5.41, 5.74) is 0. The first-order valence-electron chi connectivity index (χ1n) is 11.7. The van der Waals surface area contributed by atoms with Gasteiger partial charge in [-0.1, -0.05) is 132 Å². The number of halogens is 2. The van der Waals surface area contributed by atoms with Crippen LogP contribution in [0, 0.1) is 0 Å². The maximum atomic E-state index is 13.6. The second-order valence-corrected chi connectivity index (χ2v) is 9.91. The summed E-state index contributed by atoms with van der Waals surface area (Å²) < 4.78 is 13.8. The molecule has 0 aliphatic heterocycles. The molecule has 0 spiro atoms. The van der Waals surface area contributed by atoms with E-state index in [1.165, 1.54) is 109 Å². The van der Waals surface area contributed by atoms with Crippen LogP contribution in [0.1, 0.15) is 136 Å². The van der Waals surface area contributed by atoms with Crippen molar-refractivity contribution in [1.82, 2.24) is 0 Å². The van der Waals surface area contributed by atoms with Crippen LogP contribution in [0.25, 0.3) is 0 Å². The number of allylic oxidation sites excluding steroid dienone is 2. The van der Waals surface area contributed by atoms with E-state index in [4.69, 9.17) is 0 Å². The Morgan fingerprint density at radius 2 is 0.852 bits per heavy atom. The highest BCUT2D eigenvalue weighted by Gasteiger charge is 2.17. The monoisotopic (exact) mass is 494 g/mol. The highest BCUT2D eigenvalue weighted by Crippen LogP contribution is 2.24. The Balaban J connectivity index is 0.000000488. The molecule has 0 nitrogen and oxygen atoms in total. The van der Waals surface area contributed by atoms with Gasteiger partial charge in [0.05, 0.1) is 0 Å². The minimum absolute atomic E-state index is 0. The maximum Gasteiger partial charge on any atom is 0.112 e. The van der Waals surface area contributed by atoms with Gasteiger partial charge in [-0.15, -0.1) is 0 Å². The highest BCUT2D eigenvalue weighted by molar-refractivity contribution is 14.1. The summed E-state index contributed by atoms with van der Waals surface area (Å²) in [6.45, 7) is 0. The topological polar surface area (TPSA) is 0 Å². The lowest BCUT2D eigenvalue weighted by Gasteiger charge is -2.16. The van der Waals surface area contributed by atoms with Gasteiger partial charge in [0.1, 0.15) is 6.17 Å². The van der Waals surface area contributed by atoms with E-state index < -0.39 is 6.17 Å². The minimum atomic E-state index is -0.546. The molecule has 2 heteroatoms. The Morgan fingerprint density at radius 1 is 0.519 bits per heavy atom. The number of hydrogen-bond donors (Lipinski definition) is 0. The van der Waals surface area contributed by atoms with Gasteiger partial charge in [0.2, 0.25) is 0 Å². The quantitative estimate of drug-likeness (QED) is 0.179. The molecule has 0 saturated heterocycles. The molecule has 0 N–H and O–H groups in total. The van der Waals surface area contributed by atoms with E-state index in [1.54, 1.807) is 0 Å². The summed E-state index contributed by atoms with van der Waals surface area (Å²) in [5.74, 6) is 0. The lowest BCUT2D eigenvalue weighted by Crippen LogP contribution is -2.15. The molecule has 0 amide bonds. The number of hydrogen-bond acceptors (Lipinski definition) is 0. The van der Waals surface area contributed by atoms with E-state index in [9.17, 15) is 4.39 Å². The van der Waals surface area contributed by atoms with Crippen LogP contribution >= 0.6 is 22.6 Å². The smallest absolute Gasteiger partial charge is 0.112 e. The van der Waals surface area contributed by atoms with Crippen molar-refractivity contribution in [3.8, 4) is 0 Å². The summed E-state index contributed by atoms with van der Waals surface area (Å²) >= 11 is 2.30. The van der Waals surface area contributed by atoms with Gasteiger partial charge in [-0.3, -0.25) is 0 Å². The molecule has 27 heavy (non-hydrogen) atoms. The van der Waals surface area contributed by atoms with E-state index in [-0.39, 0.29) is 11.4 Å². The Hall–Kier alpha value is 0.400. The molecule has 0 radical (unpaired) electrons. The fourth-order valence-electron chi connectivity index (χ4n) is 3.92. The van der Waals surface area contributed by atoms with Crippen LogP contribution in [0.2, 0.25) is 0 Å². The van der Waals surface area contributed by atoms with Gasteiger partial charge in [0, 0.05) is 3.92 Å². The zero-order valence-electron chi connectivity index (χ0n) is 17.2. The third kappa shape index (κ3) is 18.2. The van der Waals surface area contributed by atoms with Crippen LogP contribution in [-0.2, 0) is 0 Å². The van der Waals surface area contributed by atoms with Gasteiger partial charge in [-0.05, 0) is 38.5 Å². The van der Waals surface area contributed by atoms with E-state index >= 15 is 0 Å². The lowest BCUT2D eigenvalue weighted by atomic mass is 10.0. The minimum Gasteiger partial charge on any atom is -0.246 e. The molecule has 1 saturated carbocycles. The van der Waals surface area contributed by atoms with Gasteiger partial charge in [0.25, 0.3) is 0 Å². The molecule has 2 aliphatic rings. The SMILES string of the molecule is C.C1=CCCCCCCCCCC1.FC1CCCCCCCCCCC1I. The molecule has 0 aromatic carbocycles. The molecule has 0 aromatic rings. The standard InChI is InChI=1S/C12H22FI.C12H22.CH4/c13-11-9-7-5-3-1-2-4-6-8-10-12(11)14;1-2-4-6-8-10-12-11-9-7-5-3-1;/h11-12H,1-10H2;1-2H,3-12H2;1H4. The average molecular weight is 495 g/mol. The molecule has 1 fully saturated rings. The van der Waals surface area contributed by atoms with Crippen molar-refractivity contribution in [2.45, 2.75) is 146 Å². The van der Waals surface area contributed by atoms with Crippen molar-refractivity contribution in [3.05, 3.63) is 12.2 Å². The second kappa shape index (κ2) is 21.1. The third-order valence-electron chi connectivity index (χ3n) is 5.76. The largest absolute Gasteiger partial charge is 0.246 e. The third-order valence-corrected chi connectivity index (χ3v) is 7.16. The molecular weight excluding hydrogens is 446 g/mol. The van der Waals surface area contributed by atoms with Crippen molar-refractivity contribution < 1.29 is 4.39 Å². The van der Waals surface area contributed by atoms with E-state index in [1.807, 2.05) is 0 Å². The van der Waals surface area contributed by atoms with Crippen LogP contribution in [0.15, 0.2) is 12.2 Å². The molecule has 0 aromatic heterocycles. The predicted octanol–water partition coefficient (Wildman–Crippen LogP) is 10.1. The van der Waals surface area contributed by atoms with Crippen molar-refractivity contribution in [1.29, 1.82) is 0 Å². The zero-order valence-corrected chi connectivity index (χ0v) is 19.4. The summed E-state index contributed by atoms with van der Waals surface area (Å²) in [6.07, 6.45) is 30.7. The molecule has 0 bridgehead atoms. The van der Waals surface area contributed by atoms with Gasteiger partial charge in [-0.25, -0.2) is 4.39 Å². The maximum absolute atomic E-state index is 13.6. The Morgan fingerprint density at radius 3 is 1.30 bits per heavy atom. The van der Waals surface area contributed by atoms with Crippen molar-refractivity contribution in [2.75, 3.05) is 0 Å². The Kier molecular flexibility index (Phi) is 21.4. The highest BCUT2D eigenvalue weighted by atomic mass is 127.